The van der Waals surface area contributed by atoms with Crippen LogP contribution in [0.25, 0.3) is 0 Å². The second kappa shape index (κ2) is 7.96. The highest BCUT2D eigenvalue weighted by Gasteiger charge is 2.31. The Morgan fingerprint density at radius 2 is 1.92 bits per heavy atom. The van der Waals surface area contributed by atoms with Gasteiger partial charge in [-0.3, -0.25) is 4.79 Å². The van der Waals surface area contributed by atoms with Crippen molar-refractivity contribution >= 4 is 23.2 Å². The zero-order chi connectivity index (χ0) is 18.0. The fraction of sp³-hybridized carbons (Fsp3) is 0.650. The average Bonchev–Trinajstić information content (AvgIpc) is 2.54. The van der Waals surface area contributed by atoms with E-state index in [1.165, 1.54) is 45.2 Å². The zero-order valence-electron chi connectivity index (χ0n) is 15.6. The minimum atomic E-state index is -0.0571. The number of nitrogens with zero attached hydrogens (tertiary/aromatic N) is 2. The molecule has 1 aromatic carbocycles. The number of piperidine rings is 1. The SMILES string of the molecule is CN1CCC(CC2CC(Nc3ccc(C(=O)N(C)C)c(Cl)c3)C2)CC1. The summed E-state index contributed by atoms with van der Waals surface area (Å²) in [5.74, 6) is 1.74. The maximum atomic E-state index is 12.0. The van der Waals surface area contributed by atoms with E-state index in [0.717, 1.165) is 17.5 Å². The van der Waals surface area contributed by atoms with Gasteiger partial charge < -0.3 is 15.1 Å². The van der Waals surface area contributed by atoms with Crippen LogP contribution in [0.1, 0.15) is 42.5 Å². The van der Waals surface area contributed by atoms with Crippen LogP contribution in [0.3, 0.4) is 0 Å². The molecule has 2 fully saturated rings. The van der Waals surface area contributed by atoms with E-state index in [1.54, 1.807) is 19.0 Å². The average molecular weight is 364 g/mol. The van der Waals surface area contributed by atoms with E-state index in [0.29, 0.717) is 16.6 Å². The number of amides is 1. The lowest BCUT2D eigenvalue weighted by Gasteiger charge is -2.40. The fourth-order valence-electron chi connectivity index (χ4n) is 4.07. The number of carbonyl (C=O) groups is 1. The quantitative estimate of drug-likeness (QED) is 0.859. The van der Waals surface area contributed by atoms with Gasteiger partial charge in [0.1, 0.15) is 0 Å². The number of hydrogen-bond donors (Lipinski definition) is 1. The fourth-order valence-corrected chi connectivity index (χ4v) is 4.33. The number of likely N-dealkylation sites (tertiary alicyclic amines) is 1. The number of rotatable bonds is 5. The number of halogens is 1. The maximum absolute atomic E-state index is 12.0. The van der Waals surface area contributed by atoms with Crippen molar-refractivity contribution in [3.05, 3.63) is 28.8 Å². The molecule has 1 aliphatic heterocycles. The maximum Gasteiger partial charge on any atom is 0.254 e. The van der Waals surface area contributed by atoms with Gasteiger partial charge in [-0.05, 0) is 82.3 Å². The molecule has 0 aromatic heterocycles. The van der Waals surface area contributed by atoms with Crippen molar-refractivity contribution in [2.45, 2.75) is 38.1 Å². The summed E-state index contributed by atoms with van der Waals surface area (Å²) in [6.45, 7) is 2.52. The third kappa shape index (κ3) is 4.68. The molecule has 2 aliphatic rings. The number of nitrogens with one attached hydrogen (secondary N) is 1. The van der Waals surface area contributed by atoms with E-state index < -0.39 is 0 Å². The minimum absolute atomic E-state index is 0.0571. The molecule has 5 heteroatoms. The first-order valence-corrected chi connectivity index (χ1v) is 9.76. The molecule has 3 rings (SSSR count). The van der Waals surface area contributed by atoms with Gasteiger partial charge in [0.2, 0.25) is 0 Å². The van der Waals surface area contributed by atoms with Gasteiger partial charge in [-0.2, -0.15) is 0 Å². The molecule has 0 unspecified atom stereocenters. The molecule has 1 aromatic rings. The van der Waals surface area contributed by atoms with Gasteiger partial charge in [0.15, 0.2) is 0 Å². The summed E-state index contributed by atoms with van der Waals surface area (Å²) >= 11 is 6.29. The Hall–Kier alpha value is -1.26. The number of anilines is 1. The predicted molar refractivity (Wildman–Crippen MR) is 104 cm³/mol. The Balaban J connectivity index is 1.45. The summed E-state index contributed by atoms with van der Waals surface area (Å²) in [7, 11) is 5.70. The molecule has 0 spiro atoms. The lowest BCUT2D eigenvalue weighted by molar-refractivity contribution is 0.0828. The largest absolute Gasteiger partial charge is 0.382 e. The molecule has 1 N–H and O–H groups in total. The van der Waals surface area contributed by atoms with E-state index in [9.17, 15) is 4.79 Å². The molecule has 25 heavy (non-hydrogen) atoms. The highest BCUT2D eigenvalue weighted by Crippen LogP contribution is 2.37. The lowest BCUT2D eigenvalue weighted by Crippen LogP contribution is -2.38. The van der Waals surface area contributed by atoms with E-state index in [-0.39, 0.29) is 5.91 Å². The molecule has 138 valence electrons. The molecule has 0 radical (unpaired) electrons. The summed E-state index contributed by atoms with van der Waals surface area (Å²) in [6.07, 6.45) is 6.62. The normalized spacial score (nSPS) is 24.6. The van der Waals surface area contributed by atoms with Crippen LogP contribution in [0.15, 0.2) is 18.2 Å². The number of benzene rings is 1. The van der Waals surface area contributed by atoms with Crippen LogP contribution in [0.5, 0.6) is 0 Å². The van der Waals surface area contributed by atoms with Crippen molar-refractivity contribution in [1.82, 2.24) is 9.80 Å². The van der Waals surface area contributed by atoms with E-state index >= 15 is 0 Å². The summed E-state index contributed by atoms with van der Waals surface area (Å²) in [5, 5.41) is 4.09. The monoisotopic (exact) mass is 363 g/mol. The first-order chi connectivity index (χ1) is 11.9. The van der Waals surface area contributed by atoms with Crippen LogP contribution in [0, 0.1) is 11.8 Å². The van der Waals surface area contributed by atoms with E-state index in [2.05, 4.69) is 17.3 Å². The third-order valence-electron chi connectivity index (χ3n) is 5.72. The standard InChI is InChI=1S/C20H30ClN3O/c1-23(2)20(25)18-5-4-16(13-19(18)21)22-17-11-15(12-17)10-14-6-8-24(3)9-7-14/h4-5,13-15,17,22H,6-12H2,1-3H3. The molecular weight excluding hydrogens is 334 g/mol. The topological polar surface area (TPSA) is 35.6 Å². The molecule has 0 bridgehead atoms. The summed E-state index contributed by atoms with van der Waals surface area (Å²) in [4.78, 5) is 16.0. The third-order valence-corrected chi connectivity index (χ3v) is 6.03. The lowest BCUT2D eigenvalue weighted by atomic mass is 9.73. The van der Waals surface area contributed by atoms with Gasteiger partial charge in [0, 0.05) is 25.8 Å². The minimum Gasteiger partial charge on any atom is -0.382 e. The predicted octanol–water partition coefficient (Wildman–Crippen LogP) is 3.96. The van der Waals surface area contributed by atoms with Crippen LogP contribution >= 0.6 is 11.6 Å². The van der Waals surface area contributed by atoms with Gasteiger partial charge in [-0.1, -0.05) is 11.6 Å². The Bertz CT molecular complexity index is 605. The van der Waals surface area contributed by atoms with Crippen molar-refractivity contribution in [2.75, 3.05) is 39.5 Å². The highest BCUT2D eigenvalue weighted by atomic mass is 35.5. The molecule has 1 heterocycles. The van der Waals surface area contributed by atoms with Crippen LogP contribution < -0.4 is 5.32 Å². The number of hydrogen-bond acceptors (Lipinski definition) is 3. The molecule has 4 nitrogen and oxygen atoms in total. The summed E-state index contributed by atoms with van der Waals surface area (Å²) < 4.78 is 0. The van der Waals surface area contributed by atoms with Crippen LogP contribution in [-0.4, -0.2) is 56.0 Å². The van der Waals surface area contributed by atoms with Crippen LogP contribution in [0.2, 0.25) is 5.02 Å². The molecular formula is C20H30ClN3O. The van der Waals surface area contributed by atoms with Crippen LogP contribution in [0.4, 0.5) is 5.69 Å². The van der Waals surface area contributed by atoms with Crippen molar-refractivity contribution < 1.29 is 4.79 Å². The summed E-state index contributed by atoms with van der Waals surface area (Å²) in [5.41, 5.74) is 1.58. The van der Waals surface area contributed by atoms with E-state index in [1.807, 2.05) is 18.2 Å². The first kappa shape index (κ1) is 18.5. The van der Waals surface area contributed by atoms with Crippen molar-refractivity contribution in [3.63, 3.8) is 0 Å². The molecule has 1 aliphatic carbocycles. The Kier molecular flexibility index (Phi) is 5.90. The van der Waals surface area contributed by atoms with Gasteiger partial charge >= 0.3 is 0 Å². The second-order valence-electron chi connectivity index (χ2n) is 8.06. The van der Waals surface area contributed by atoms with E-state index in [4.69, 9.17) is 11.6 Å². The molecule has 1 saturated carbocycles. The molecule has 1 amide bonds. The second-order valence-corrected chi connectivity index (χ2v) is 8.46. The van der Waals surface area contributed by atoms with Crippen molar-refractivity contribution in [2.24, 2.45) is 11.8 Å². The Morgan fingerprint density at radius 3 is 2.52 bits per heavy atom. The van der Waals surface area contributed by atoms with Gasteiger partial charge in [-0.15, -0.1) is 0 Å². The van der Waals surface area contributed by atoms with Gasteiger partial charge in [-0.25, -0.2) is 0 Å². The van der Waals surface area contributed by atoms with Crippen LogP contribution in [-0.2, 0) is 0 Å². The zero-order valence-corrected chi connectivity index (χ0v) is 16.4. The smallest absolute Gasteiger partial charge is 0.254 e. The van der Waals surface area contributed by atoms with Crippen molar-refractivity contribution in [1.29, 1.82) is 0 Å². The Morgan fingerprint density at radius 1 is 1.24 bits per heavy atom. The van der Waals surface area contributed by atoms with Gasteiger partial charge in [0.25, 0.3) is 5.91 Å². The molecule has 0 atom stereocenters. The van der Waals surface area contributed by atoms with Gasteiger partial charge in [0.05, 0.1) is 10.6 Å². The van der Waals surface area contributed by atoms with Crippen molar-refractivity contribution in [3.8, 4) is 0 Å². The Labute approximate surface area is 156 Å². The summed E-state index contributed by atoms with van der Waals surface area (Å²) in [6, 6.07) is 6.21. The highest BCUT2D eigenvalue weighted by molar-refractivity contribution is 6.34. The number of carbonyl (C=O) groups excluding carboxylic acids is 1. The first-order valence-electron chi connectivity index (χ1n) is 9.38. The molecule has 1 saturated heterocycles.